The second-order valence-electron chi connectivity index (χ2n) is 6.46. The van der Waals surface area contributed by atoms with Gasteiger partial charge < -0.3 is 9.54 Å². The van der Waals surface area contributed by atoms with Crippen LogP contribution in [0, 0.1) is 11.3 Å². The standard InChI is InChI=1S/C21H21ClN2OS/c1-26(25)14-16-5-4-7-19-20(13-24-21(16)19)18(6-2-3-12-23)15-8-10-17(22)11-9-15/h4-5,7-11,13,18,24H,2-3,6,14H2,1H3. The van der Waals surface area contributed by atoms with Crippen LogP contribution in [0.5, 0.6) is 0 Å². The van der Waals surface area contributed by atoms with Crippen LogP contribution in [0.3, 0.4) is 0 Å². The summed E-state index contributed by atoms with van der Waals surface area (Å²) in [6.45, 7) is 0. The Kier molecular flexibility index (Phi) is 6.26. The Labute approximate surface area is 162 Å². The molecule has 0 amide bonds. The average molecular weight is 385 g/mol. The second-order valence-corrected chi connectivity index (χ2v) is 8.33. The van der Waals surface area contributed by atoms with Gasteiger partial charge in [0.2, 0.25) is 0 Å². The molecule has 0 aliphatic heterocycles. The number of rotatable bonds is 7. The lowest BCUT2D eigenvalue weighted by molar-refractivity contribution is 0.600. The summed E-state index contributed by atoms with van der Waals surface area (Å²) in [5.74, 6) is 0.730. The maximum atomic E-state index is 11.7. The highest BCUT2D eigenvalue weighted by molar-refractivity contribution is 7.89. The first-order valence-electron chi connectivity index (χ1n) is 8.61. The van der Waals surface area contributed by atoms with Crippen molar-refractivity contribution in [3.8, 4) is 6.07 Å². The lowest BCUT2D eigenvalue weighted by Gasteiger charge is -2.17. The van der Waals surface area contributed by atoms with E-state index in [0.29, 0.717) is 12.2 Å². The van der Waals surface area contributed by atoms with Gasteiger partial charge >= 0.3 is 0 Å². The minimum absolute atomic E-state index is 0.191. The summed E-state index contributed by atoms with van der Waals surface area (Å²) >= 11 is 5.16. The summed E-state index contributed by atoms with van der Waals surface area (Å²) in [6, 6.07) is 16.3. The fourth-order valence-electron chi connectivity index (χ4n) is 3.45. The van der Waals surface area contributed by atoms with Crippen molar-refractivity contribution < 1.29 is 4.55 Å². The van der Waals surface area contributed by atoms with Crippen LogP contribution in [0.1, 0.15) is 41.9 Å². The zero-order valence-corrected chi connectivity index (χ0v) is 16.2. The van der Waals surface area contributed by atoms with E-state index in [1.807, 2.05) is 24.3 Å². The molecule has 0 bridgehead atoms. The van der Waals surface area contributed by atoms with Crippen molar-refractivity contribution >= 4 is 33.7 Å². The molecule has 1 aromatic heterocycles. The molecule has 2 unspecified atom stereocenters. The van der Waals surface area contributed by atoms with E-state index in [4.69, 9.17) is 16.9 Å². The van der Waals surface area contributed by atoms with Crippen LogP contribution in [0.15, 0.2) is 48.7 Å². The predicted molar refractivity (Wildman–Crippen MR) is 109 cm³/mol. The summed E-state index contributed by atoms with van der Waals surface area (Å²) in [4.78, 5) is 3.39. The van der Waals surface area contributed by atoms with E-state index < -0.39 is 11.2 Å². The fourth-order valence-corrected chi connectivity index (χ4v) is 4.25. The third-order valence-electron chi connectivity index (χ3n) is 4.62. The minimum Gasteiger partial charge on any atom is -0.616 e. The van der Waals surface area contributed by atoms with Crippen molar-refractivity contribution in [1.29, 1.82) is 5.26 Å². The third-order valence-corrected chi connectivity index (χ3v) is 5.59. The first-order valence-corrected chi connectivity index (χ1v) is 10.7. The van der Waals surface area contributed by atoms with E-state index in [1.54, 1.807) is 6.26 Å². The highest BCUT2D eigenvalue weighted by atomic mass is 35.5. The molecule has 2 atom stereocenters. The molecule has 0 saturated heterocycles. The largest absolute Gasteiger partial charge is 0.616 e. The summed E-state index contributed by atoms with van der Waals surface area (Å²) in [5.41, 5.74) is 4.53. The van der Waals surface area contributed by atoms with E-state index >= 15 is 0 Å². The maximum absolute atomic E-state index is 11.7. The molecular weight excluding hydrogens is 364 g/mol. The number of hydrogen-bond acceptors (Lipinski definition) is 2. The average Bonchev–Trinajstić information content (AvgIpc) is 3.04. The van der Waals surface area contributed by atoms with Gasteiger partial charge in [-0.25, -0.2) is 0 Å². The quantitative estimate of drug-likeness (QED) is 0.430. The Hall–Kier alpha value is -1.93. The Bertz CT molecular complexity index is 912. The number of nitrogens with zero attached hydrogens (tertiary/aromatic N) is 1. The van der Waals surface area contributed by atoms with Gasteiger partial charge in [0, 0.05) is 34.5 Å². The number of halogens is 1. The number of para-hydroxylation sites is 1. The van der Waals surface area contributed by atoms with Gasteiger partial charge in [-0.2, -0.15) is 5.26 Å². The van der Waals surface area contributed by atoms with Crippen molar-refractivity contribution in [2.24, 2.45) is 0 Å². The number of aromatic nitrogens is 1. The molecule has 0 aliphatic carbocycles. The SMILES string of the molecule is C[S+]([O-])Cc1cccc2c(C(CCCC#N)c3ccc(Cl)cc3)c[nH]c12. The molecule has 0 radical (unpaired) electrons. The Morgan fingerprint density at radius 3 is 2.69 bits per heavy atom. The van der Waals surface area contributed by atoms with Crippen LogP contribution < -0.4 is 0 Å². The van der Waals surface area contributed by atoms with Crippen molar-refractivity contribution in [2.75, 3.05) is 6.26 Å². The van der Waals surface area contributed by atoms with E-state index in [1.165, 1.54) is 11.1 Å². The number of nitrogens with one attached hydrogen (secondary N) is 1. The van der Waals surface area contributed by atoms with Gasteiger partial charge in [-0.15, -0.1) is 0 Å². The van der Waals surface area contributed by atoms with Gasteiger partial charge in [-0.1, -0.05) is 53.1 Å². The Balaban J connectivity index is 2.03. The fraction of sp³-hybridized carbons (Fsp3) is 0.286. The van der Waals surface area contributed by atoms with Crippen molar-refractivity contribution in [2.45, 2.75) is 30.9 Å². The van der Waals surface area contributed by atoms with Crippen LogP contribution in [0.25, 0.3) is 10.9 Å². The van der Waals surface area contributed by atoms with Gasteiger partial charge in [0.25, 0.3) is 0 Å². The molecule has 1 N–H and O–H groups in total. The number of unbranched alkanes of at least 4 members (excludes halogenated alkanes) is 1. The molecule has 0 fully saturated rings. The molecule has 0 aliphatic rings. The molecule has 5 heteroatoms. The Morgan fingerprint density at radius 1 is 1.23 bits per heavy atom. The first kappa shape index (κ1) is 18.8. The van der Waals surface area contributed by atoms with Crippen LogP contribution in [0.4, 0.5) is 0 Å². The number of benzene rings is 2. The van der Waals surface area contributed by atoms with Crippen LogP contribution in [-0.2, 0) is 16.9 Å². The van der Waals surface area contributed by atoms with E-state index in [0.717, 1.165) is 34.3 Å². The van der Waals surface area contributed by atoms with E-state index in [9.17, 15) is 4.55 Å². The molecule has 0 spiro atoms. The summed E-state index contributed by atoms with van der Waals surface area (Å²) in [6.07, 6.45) is 6.06. The predicted octanol–water partition coefficient (Wildman–Crippen LogP) is 5.53. The summed E-state index contributed by atoms with van der Waals surface area (Å²) in [5, 5.41) is 10.8. The maximum Gasteiger partial charge on any atom is 0.132 e. The van der Waals surface area contributed by atoms with Gasteiger partial charge in [-0.3, -0.25) is 0 Å². The lowest BCUT2D eigenvalue weighted by atomic mass is 9.86. The molecule has 134 valence electrons. The van der Waals surface area contributed by atoms with Crippen LogP contribution >= 0.6 is 11.6 Å². The van der Waals surface area contributed by atoms with Crippen molar-refractivity contribution in [3.05, 3.63) is 70.4 Å². The monoisotopic (exact) mass is 384 g/mol. The molecule has 0 saturated carbocycles. The number of nitriles is 1. The molecule has 3 nitrogen and oxygen atoms in total. The first-order chi connectivity index (χ1) is 12.6. The van der Waals surface area contributed by atoms with E-state index in [-0.39, 0.29) is 5.92 Å². The second kappa shape index (κ2) is 8.64. The number of H-pyrrole nitrogens is 1. The minimum atomic E-state index is -0.889. The van der Waals surface area contributed by atoms with Crippen molar-refractivity contribution in [3.63, 3.8) is 0 Å². The summed E-state index contributed by atoms with van der Waals surface area (Å²) in [7, 11) is 0. The smallest absolute Gasteiger partial charge is 0.132 e. The van der Waals surface area contributed by atoms with E-state index in [2.05, 4.69) is 35.4 Å². The number of hydrogen-bond donors (Lipinski definition) is 1. The topological polar surface area (TPSA) is 62.6 Å². The molecule has 26 heavy (non-hydrogen) atoms. The number of aromatic amines is 1. The molecule has 3 aromatic rings. The molecule has 3 rings (SSSR count). The molecular formula is C21H21ClN2OS. The van der Waals surface area contributed by atoms with Crippen LogP contribution in [-0.4, -0.2) is 15.8 Å². The summed E-state index contributed by atoms with van der Waals surface area (Å²) < 4.78 is 11.7. The normalized spacial score (nSPS) is 13.5. The van der Waals surface area contributed by atoms with Gasteiger partial charge in [0.05, 0.1) is 17.8 Å². The highest BCUT2D eigenvalue weighted by Crippen LogP contribution is 2.36. The highest BCUT2D eigenvalue weighted by Gasteiger charge is 2.19. The van der Waals surface area contributed by atoms with Gasteiger partial charge in [0.1, 0.15) is 5.75 Å². The van der Waals surface area contributed by atoms with Crippen molar-refractivity contribution in [1.82, 2.24) is 4.98 Å². The Morgan fingerprint density at radius 2 is 2.00 bits per heavy atom. The van der Waals surface area contributed by atoms with Gasteiger partial charge in [-0.05, 0) is 36.1 Å². The zero-order chi connectivity index (χ0) is 18.5. The van der Waals surface area contributed by atoms with Gasteiger partial charge in [0.15, 0.2) is 0 Å². The molecule has 2 aromatic carbocycles. The lowest BCUT2D eigenvalue weighted by Crippen LogP contribution is -2.02. The zero-order valence-electron chi connectivity index (χ0n) is 14.7. The third kappa shape index (κ3) is 4.24. The van der Waals surface area contributed by atoms with Crippen LogP contribution in [0.2, 0.25) is 5.02 Å². The molecule has 1 heterocycles. The number of fused-ring (bicyclic) bond motifs is 1.